The van der Waals surface area contributed by atoms with Crippen LogP contribution in [0.5, 0.6) is 0 Å². The Morgan fingerprint density at radius 3 is 2.85 bits per heavy atom. The molecule has 4 nitrogen and oxygen atoms in total. The number of H-pyrrole nitrogens is 1. The van der Waals surface area contributed by atoms with E-state index in [0.717, 1.165) is 18.5 Å². The molecule has 0 saturated heterocycles. The number of rotatable bonds is 3. The number of nitrogens with zero attached hydrogens (tertiary/aromatic N) is 1. The van der Waals surface area contributed by atoms with Crippen LogP contribution < -0.4 is 0 Å². The molecule has 1 fully saturated rings. The Kier molecular flexibility index (Phi) is 2.03. The summed E-state index contributed by atoms with van der Waals surface area (Å²) in [6, 6.07) is 0. The SMILES string of the molecule is CSc1nc(C(=O)O)c(C2CC2)[nH]1. The molecule has 0 spiro atoms. The fourth-order valence-electron chi connectivity index (χ4n) is 1.29. The van der Waals surface area contributed by atoms with Crippen LogP contribution in [-0.4, -0.2) is 27.3 Å². The number of aromatic nitrogens is 2. The highest BCUT2D eigenvalue weighted by Gasteiger charge is 2.31. The maximum Gasteiger partial charge on any atom is 0.356 e. The van der Waals surface area contributed by atoms with Crippen LogP contribution in [0.3, 0.4) is 0 Å². The van der Waals surface area contributed by atoms with Gasteiger partial charge >= 0.3 is 5.97 Å². The van der Waals surface area contributed by atoms with Crippen molar-refractivity contribution in [3.8, 4) is 0 Å². The molecule has 1 aromatic rings. The van der Waals surface area contributed by atoms with Gasteiger partial charge in [0.1, 0.15) is 0 Å². The second kappa shape index (κ2) is 3.06. The van der Waals surface area contributed by atoms with E-state index in [1.165, 1.54) is 11.8 Å². The number of thioether (sulfide) groups is 1. The van der Waals surface area contributed by atoms with E-state index < -0.39 is 5.97 Å². The van der Waals surface area contributed by atoms with Gasteiger partial charge < -0.3 is 10.1 Å². The number of aromatic carboxylic acids is 1. The van der Waals surface area contributed by atoms with E-state index in [2.05, 4.69) is 9.97 Å². The second-order valence-electron chi connectivity index (χ2n) is 3.09. The Morgan fingerprint density at radius 2 is 2.38 bits per heavy atom. The van der Waals surface area contributed by atoms with Crippen LogP contribution in [0.15, 0.2) is 5.16 Å². The van der Waals surface area contributed by atoms with Crippen molar-refractivity contribution in [1.29, 1.82) is 0 Å². The van der Waals surface area contributed by atoms with Crippen molar-refractivity contribution in [2.45, 2.75) is 23.9 Å². The Balaban J connectivity index is 2.39. The van der Waals surface area contributed by atoms with Crippen LogP contribution in [0.4, 0.5) is 0 Å². The predicted octanol–water partition coefficient (Wildman–Crippen LogP) is 1.71. The summed E-state index contributed by atoms with van der Waals surface area (Å²) in [5, 5.41) is 9.55. The predicted molar refractivity (Wildman–Crippen MR) is 49.3 cm³/mol. The Bertz CT molecular complexity index is 344. The van der Waals surface area contributed by atoms with Gasteiger partial charge in [-0.25, -0.2) is 9.78 Å². The summed E-state index contributed by atoms with van der Waals surface area (Å²) in [6.07, 6.45) is 4.04. The number of nitrogens with one attached hydrogen (secondary N) is 1. The summed E-state index contributed by atoms with van der Waals surface area (Å²) in [7, 11) is 0. The Morgan fingerprint density at radius 1 is 1.69 bits per heavy atom. The van der Waals surface area contributed by atoms with Crippen molar-refractivity contribution in [3.63, 3.8) is 0 Å². The minimum atomic E-state index is -0.932. The smallest absolute Gasteiger partial charge is 0.356 e. The van der Waals surface area contributed by atoms with Gasteiger partial charge in [0.2, 0.25) is 0 Å². The highest BCUT2D eigenvalue weighted by molar-refractivity contribution is 7.98. The molecule has 0 unspecified atom stereocenters. The van der Waals surface area contributed by atoms with Gasteiger partial charge in [0.25, 0.3) is 0 Å². The summed E-state index contributed by atoms with van der Waals surface area (Å²) < 4.78 is 0. The fraction of sp³-hybridized carbons (Fsp3) is 0.500. The zero-order chi connectivity index (χ0) is 9.42. The normalized spacial score (nSPS) is 16.1. The van der Waals surface area contributed by atoms with Crippen molar-refractivity contribution in [2.75, 3.05) is 6.26 Å². The molecule has 0 atom stereocenters. The summed E-state index contributed by atoms with van der Waals surface area (Å²) in [4.78, 5) is 17.8. The topological polar surface area (TPSA) is 66.0 Å². The number of imidazole rings is 1. The lowest BCUT2D eigenvalue weighted by Crippen LogP contribution is -2.00. The molecule has 1 aliphatic carbocycles. The molecule has 5 heteroatoms. The van der Waals surface area contributed by atoms with Crippen LogP contribution >= 0.6 is 11.8 Å². The molecular formula is C8H10N2O2S. The number of aromatic amines is 1. The summed E-state index contributed by atoms with van der Waals surface area (Å²) in [5.41, 5.74) is 1.00. The highest BCUT2D eigenvalue weighted by Crippen LogP contribution is 2.41. The standard InChI is InChI=1S/C8H10N2O2S/c1-13-8-9-5(4-2-3-4)6(10-8)7(11)12/h4H,2-3H2,1H3,(H,9,10)(H,11,12). The molecule has 70 valence electrons. The molecular weight excluding hydrogens is 188 g/mol. The van der Waals surface area contributed by atoms with Gasteiger partial charge in [-0.05, 0) is 19.1 Å². The average Bonchev–Trinajstić information content (AvgIpc) is 2.84. The van der Waals surface area contributed by atoms with E-state index >= 15 is 0 Å². The third kappa shape index (κ3) is 1.56. The molecule has 0 amide bonds. The van der Waals surface area contributed by atoms with Gasteiger partial charge in [-0.15, -0.1) is 0 Å². The monoisotopic (exact) mass is 198 g/mol. The van der Waals surface area contributed by atoms with Crippen LogP contribution in [-0.2, 0) is 0 Å². The van der Waals surface area contributed by atoms with Crippen molar-refractivity contribution < 1.29 is 9.90 Å². The van der Waals surface area contributed by atoms with E-state index in [9.17, 15) is 4.79 Å². The van der Waals surface area contributed by atoms with E-state index in [-0.39, 0.29) is 5.69 Å². The van der Waals surface area contributed by atoms with E-state index in [1.807, 2.05) is 6.26 Å². The number of hydrogen-bond acceptors (Lipinski definition) is 3. The summed E-state index contributed by atoms with van der Waals surface area (Å²) in [5.74, 6) is -0.530. The lowest BCUT2D eigenvalue weighted by molar-refractivity contribution is 0.0689. The summed E-state index contributed by atoms with van der Waals surface area (Å²) in [6.45, 7) is 0. The molecule has 1 saturated carbocycles. The zero-order valence-electron chi connectivity index (χ0n) is 7.20. The molecule has 1 aromatic heterocycles. The molecule has 1 aliphatic rings. The zero-order valence-corrected chi connectivity index (χ0v) is 8.02. The molecule has 0 bridgehead atoms. The number of hydrogen-bond donors (Lipinski definition) is 2. The van der Waals surface area contributed by atoms with Gasteiger partial charge in [-0.3, -0.25) is 0 Å². The van der Waals surface area contributed by atoms with Gasteiger partial charge in [0.05, 0.1) is 5.69 Å². The quantitative estimate of drug-likeness (QED) is 0.725. The van der Waals surface area contributed by atoms with Crippen molar-refractivity contribution >= 4 is 17.7 Å². The number of carboxylic acid groups (broad SMARTS) is 1. The van der Waals surface area contributed by atoms with Gasteiger partial charge in [-0.2, -0.15) is 0 Å². The molecule has 0 radical (unpaired) electrons. The van der Waals surface area contributed by atoms with Crippen molar-refractivity contribution in [3.05, 3.63) is 11.4 Å². The molecule has 13 heavy (non-hydrogen) atoms. The first-order valence-electron chi connectivity index (χ1n) is 4.09. The van der Waals surface area contributed by atoms with Gasteiger partial charge in [0, 0.05) is 5.92 Å². The minimum Gasteiger partial charge on any atom is -0.476 e. The molecule has 0 aliphatic heterocycles. The maximum atomic E-state index is 10.8. The first-order valence-corrected chi connectivity index (χ1v) is 5.32. The number of carbonyl (C=O) groups is 1. The first-order chi connectivity index (χ1) is 6.22. The van der Waals surface area contributed by atoms with Crippen LogP contribution in [0.1, 0.15) is 34.9 Å². The second-order valence-corrected chi connectivity index (χ2v) is 3.88. The van der Waals surface area contributed by atoms with Crippen LogP contribution in [0, 0.1) is 0 Å². The summed E-state index contributed by atoms with van der Waals surface area (Å²) >= 11 is 1.44. The molecule has 0 aromatic carbocycles. The van der Waals surface area contributed by atoms with Crippen molar-refractivity contribution in [1.82, 2.24) is 9.97 Å². The Labute approximate surface area is 79.8 Å². The number of carboxylic acids is 1. The van der Waals surface area contributed by atoms with Crippen LogP contribution in [0.25, 0.3) is 0 Å². The fourth-order valence-corrected chi connectivity index (χ4v) is 1.69. The van der Waals surface area contributed by atoms with Crippen LogP contribution in [0.2, 0.25) is 0 Å². The van der Waals surface area contributed by atoms with Crippen molar-refractivity contribution in [2.24, 2.45) is 0 Å². The lowest BCUT2D eigenvalue weighted by atomic mass is 10.2. The first kappa shape index (κ1) is 8.62. The molecule has 2 rings (SSSR count). The highest BCUT2D eigenvalue weighted by atomic mass is 32.2. The minimum absolute atomic E-state index is 0.201. The van der Waals surface area contributed by atoms with E-state index in [0.29, 0.717) is 11.1 Å². The third-order valence-corrected chi connectivity index (χ3v) is 2.67. The van der Waals surface area contributed by atoms with Gasteiger partial charge in [-0.1, -0.05) is 11.8 Å². The van der Waals surface area contributed by atoms with Gasteiger partial charge in [0.15, 0.2) is 10.9 Å². The third-order valence-electron chi connectivity index (χ3n) is 2.09. The lowest BCUT2D eigenvalue weighted by Gasteiger charge is -1.92. The van der Waals surface area contributed by atoms with E-state index in [4.69, 9.17) is 5.11 Å². The molecule has 2 N–H and O–H groups in total. The maximum absolute atomic E-state index is 10.8. The molecule has 1 heterocycles. The largest absolute Gasteiger partial charge is 0.476 e. The van der Waals surface area contributed by atoms with E-state index in [1.54, 1.807) is 0 Å². The average molecular weight is 198 g/mol. The Hall–Kier alpha value is -0.970.